The van der Waals surface area contributed by atoms with Gasteiger partial charge in [-0.05, 0) is 19.9 Å². The fourth-order valence-electron chi connectivity index (χ4n) is 1.37. The maximum absolute atomic E-state index is 11.0. The molecule has 0 aliphatic heterocycles. The Morgan fingerprint density at radius 3 is 2.69 bits per heavy atom. The highest BCUT2D eigenvalue weighted by Gasteiger charge is 2.17. The van der Waals surface area contributed by atoms with E-state index >= 15 is 0 Å². The Kier molecular flexibility index (Phi) is 2.70. The summed E-state index contributed by atoms with van der Waals surface area (Å²) in [4.78, 5) is 19.8. The highest BCUT2D eigenvalue weighted by molar-refractivity contribution is 7.15. The van der Waals surface area contributed by atoms with Gasteiger partial charge in [-0.1, -0.05) is 6.07 Å². The molecule has 0 radical (unpaired) electrons. The zero-order valence-corrected chi connectivity index (χ0v) is 9.71. The number of aromatic nitrogens is 2. The first-order chi connectivity index (χ1) is 7.58. The molecule has 0 amide bonds. The zero-order valence-electron chi connectivity index (χ0n) is 8.89. The second-order valence-electron chi connectivity index (χ2n) is 3.40. The van der Waals surface area contributed by atoms with Crippen LogP contribution in [0.15, 0.2) is 18.3 Å². The van der Waals surface area contributed by atoms with E-state index in [1.807, 2.05) is 19.1 Å². The van der Waals surface area contributed by atoms with Gasteiger partial charge in [-0.3, -0.25) is 4.98 Å². The van der Waals surface area contributed by atoms with E-state index in [1.54, 1.807) is 13.1 Å². The lowest BCUT2D eigenvalue weighted by Gasteiger charge is -1.98. The van der Waals surface area contributed by atoms with E-state index < -0.39 is 5.97 Å². The van der Waals surface area contributed by atoms with Crippen LogP contribution >= 0.6 is 11.3 Å². The van der Waals surface area contributed by atoms with Crippen molar-refractivity contribution >= 4 is 17.3 Å². The van der Waals surface area contributed by atoms with E-state index in [0.717, 1.165) is 16.3 Å². The number of pyridine rings is 1. The van der Waals surface area contributed by atoms with Crippen LogP contribution in [-0.4, -0.2) is 21.0 Å². The molecule has 16 heavy (non-hydrogen) atoms. The zero-order chi connectivity index (χ0) is 11.7. The molecule has 0 aliphatic rings. The molecule has 4 nitrogen and oxygen atoms in total. The molecule has 2 aromatic heterocycles. The Labute approximate surface area is 96.6 Å². The van der Waals surface area contributed by atoms with E-state index in [4.69, 9.17) is 5.11 Å². The van der Waals surface area contributed by atoms with Crippen molar-refractivity contribution in [2.45, 2.75) is 13.8 Å². The topological polar surface area (TPSA) is 63.1 Å². The molecule has 0 bridgehead atoms. The average Bonchev–Trinajstić information content (AvgIpc) is 2.61. The van der Waals surface area contributed by atoms with Crippen LogP contribution in [0.25, 0.3) is 10.4 Å². The summed E-state index contributed by atoms with van der Waals surface area (Å²) in [6, 6.07) is 3.72. The number of hydrogen-bond donors (Lipinski definition) is 1. The van der Waals surface area contributed by atoms with Crippen molar-refractivity contribution in [3.05, 3.63) is 34.7 Å². The molecular weight excluding hydrogens is 224 g/mol. The molecule has 0 saturated heterocycles. The largest absolute Gasteiger partial charge is 0.476 e. The number of carboxylic acids is 1. The summed E-state index contributed by atoms with van der Waals surface area (Å²) in [6.07, 6.45) is 1.68. The van der Waals surface area contributed by atoms with Gasteiger partial charge >= 0.3 is 5.97 Å². The van der Waals surface area contributed by atoms with Crippen LogP contribution in [-0.2, 0) is 0 Å². The second kappa shape index (κ2) is 4.02. The molecule has 5 heteroatoms. The number of carboxylic acid groups (broad SMARTS) is 1. The minimum Gasteiger partial charge on any atom is -0.476 e. The fraction of sp³-hybridized carbons (Fsp3) is 0.182. The standard InChI is InChI=1S/C11H10N2O2S/c1-6-3-4-8(5-12-6)10-9(11(14)15)13-7(2)16-10/h3-5H,1-2H3,(H,14,15). The van der Waals surface area contributed by atoms with Crippen LogP contribution in [0.2, 0.25) is 0 Å². The minimum atomic E-state index is -1.00. The first-order valence-corrected chi connectivity index (χ1v) is 5.53. The fourth-order valence-corrected chi connectivity index (χ4v) is 2.27. The van der Waals surface area contributed by atoms with E-state index in [2.05, 4.69) is 9.97 Å². The lowest BCUT2D eigenvalue weighted by Crippen LogP contribution is -1.98. The van der Waals surface area contributed by atoms with Crippen LogP contribution < -0.4 is 0 Å². The van der Waals surface area contributed by atoms with Crippen molar-refractivity contribution in [1.82, 2.24) is 9.97 Å². The first-order valence-electron chi connectivity index (χ1n) is 4.71. The van der Waals surface area contributed by atoms with Crippen LogP contribution in [0.3, 0.4) is 0 Å². The van der Waals surface area contributed by atoms with Crippen LogP contribution in [0, 0.1) is 13.8 Å². The molecular formula is C11H10N2O2S. The Bertz CT molecular complexity index is 531. The highest BCUT2D eigenvalue weighted by atomic mass is 32.1. The lowest BCUT2D eigenvalue weighted by molar-refractivity contribution is 0.0692. The summed E-state index contributed by atoms with van der Waals surface area (Å²) in [6.45, 7) is 3.68. The van der Waals surface area contributed by atoms with Crippen molar-refractivity contribution in [1.29, 1.82) is 0 Å². The number of carbonyl (C=O) groups is 1. The first kappa shape index (κ1) is 10.8. The molecule has 2 aromatic rings. The van der Waals surface area contributed by atoms with Gasteiger partial charge in [-0.25, -0.2) is 9.78 Å². The van der Waals surface area contributed by atoms with Crippen molar-refractivity contribution in [3.8, 4) is 10.4 Å². The van der Waals surface area contributed by atoms with E-state index in [9.17, 15) is 4.79 Å². The third-order valence-electron chi connectivity index (χ3n) is 2.11. The lowest BCUT2D eigenvalue weighted by atomic mass is 10.2. The number of hydrogen-bond acceptors (Lipinski definition) is 4. The number of thiazole rings is 1. The quantitative estimate of drug-likeness (QED) is 0.867. The van der Waals surface area contributed by atoms with Gasteiger partial charge in [0.05, 0.1) is 9.88 Å². The maximum Gasteiger partial charge on any atom is 0.356 e. The predicted molar refractivity (Wildman–Crippen MR) is 61.8 cm³/mol. The SMILES string of the molecule is Cc1ccc(-c2sc(C)nc2C(=O)O)cn1. The molecule has 0 atom stereocenters. The summed E-state index contributed by atoms with van der Waals surface area (Å²) in [5, 5.41) is 9.76. The van der Waals surface area contributed by atoms with E-state index in [-0.39, 0.29) is 5.69 Å². The Morgan fingerprint density at radius 2 is 2.12 bits per heavy atom. The Balaban J connectivity index is 2.55. The summed E-state index contributed by atoms with van der Waals surface area (Å²) in [5.74, 6) is -1.00. The Hall–Kier alpha value is -1.75. The van der Waals surface area contributed by atoms with Crippen LogP contribution in [0.4, 0.5) is 0 Å². The van der Waals surface area contributed by atoms with Crippen LogP contribution in [0.5, 0.6) is 0 Å². The van der Waals surface area contributed by atoms with Crippen LogP contribution in [0.1, 0.15) is 21.2 Å². The third kappa shape index (κ3) is 1.94. The number of rotatable bonds is 2. The molecule has 1 N–H and O–H groups in total. The maximum atomic E-state index is 11.0. The molecule has 2 heterocycles. The number of aromatic carboxylic acids is 1. The average molecular weight is 234 g/mol. The second-order valence-corrected chi connectivity index (χ2v) is 4.61. The molecule has 0 aliphatic carbocycles. The van der Waals surface area contributed by atoms with E-state index in [0.29, 0.717) is 4.88 Å². The van der Waals surface area contributed by atoms with Crippen molar-refractivity contribution in [2.24, 2.45) is 0 Å². The van der Waals surface area contributed by atoms with Gasteiger partial charge in [0.25, 0.3) is 0 Å². The minimum absolute atomic E-state index is 0.105. The van der Waals surface area contributed by atoms with Crippen molar-refractivity contribution < 1.29 is 9.90 Å². The molecule has 0 fully saturated rings. The van der Waals surface area contributed by atoms with Gasteiger partial charge < -0.3 is 5.11 Å². The summed E-state index contributed by atoms with van der Waals surface area (Å²) in [7, 11) is 0. The normalized spacial score (nSPS) is 10.4. The third-order valence-corrected chi connectivity index (χ3v) is 3.13. The van der Waals surface area contributed by atoms with Gasteiger partial charge in [0.2, 0.25) is 0 Å². The highest BCUT2D eigenvalue weighted by Crippen LogP contribution is 2.29. The van der Waals surface area contributed by atoms with Gasteiger partial charge in [-0.15, -0.1) is 11.3 Å². The molecule has 0 unspecified atom stereocenters. The summed E-state index contributed by atoms with van der Waals surface area (Å²) < 4.78 is 0. The van der Waals surface area contributed by atoms with E-state index in [1.165, 1.54) is 11.3 Å². The summed E-state index contributed by atoms with van der Waals surface area (Å²) in [5.41, 5.74) is 1.81. The summed E-state index contributed by atoms with van der Waals surface area (Å²) >= 11 is 1.37. The molecule has 0 aromatic carbocycles. The van der Waals surface area contributed by atoms with Gasteiger partial charge in [0.1, 0.15) is 0 Å². The van der Waals surface area contributed by atoms with Gasteiger partial charge in [-0.2, -0.15) is 0 Å². The smallest absolute Gasteiger partial charge is 0.356 e. The van der Waals surface area contributed by atoms with Gasteiger partial charge in [0, 0.05) is 17.5 Å². The van der Waals surface area contributed by atoms with Gasteiger partial charge in [0.15, 0.2) is 5.69 Å². The molecule has 0 spiro atoms. The Morgan fingerprint density at radius 1 is 1.38 bits per heavy atom. The molecule has 82 valence electrons. The molecule has 0 saturated carbocycles. The number of nitrogens with zero attached hydrogens (tertiary/aromatic N) is 2. The van der Waals surface area contributed by atoms with Crippen molar-refractivity contribution in [3.63, 3.8) is 0 Å². The number of aryl methyl sites for hydroxylation is 2. The monoisotopic (exact) mass is 234 g/mol. The van der Waals surface area contributed by atoms with Crippen molar-refractivity contribution in [2.75, 3.05) is 0 Å². The predicted octanol–water partition coefficient (Wildman–Crippen LogP) is 2.52. The molecule has 2 rings (SSSR count).